The van der Waals surface area contributed by atoms with Crippen molar-refractivity contribution in [3.05, 3.63) is 0 Å². The largest absolute Gasteiger partial charge is 0.387 e. The number of likely N-dealkylation sites (N-methyl/N-ethyl adjacent to an activating group) is 1. The zero-order valence-corrected chi connectivity index (χ0v) is 16.1. The summed E-state index contributed by atoms with van der Waals surface area (Å²) in [6.07, 6.45) is -4.46. The normalized spacial score (nSPS) is 45.2. The second kappa shape index (κ2) is 6.66. The summed E-state index contributed by atoms with van der Waals surface area (Å²) in [7, 11) is 5.64. The van der Waals surface area contributed by atoms with Crippen LogP contribution in [-0.2, 0) is 9.47 Å². The molecule has 150 valence electrons. The molecule has 1 saturated heterocycles. The van der Waals surface area contributed by atoms with E-state index in [9.17, 15) is 30.6 Å². The number of ether oxygens (including phenoxy) is 2. The summed E-state index contributed by atoms with van der Waals surface area (Å²) in [5.41, 5.74) is -6.39. The van der Waals surface area contributed by atoms with Crippen LogP contribution in [0.3, 0.4) is 0 Å². The maximum absolute atomic E-state index is 10.6. The lowest BCUT2D eigenvalue weighted by atomic mass is 9.68. The Morgan fingerprint density at radius 2 is 1.52 bits per heavy atom. The third-order valence-electron chi connectivity index (χ3n) is 5.08. The topological polar surface area (TPSA) is 140 Å². The number of hydrogen-bond donors (Lipinski definition) is 6. The van der Waals surface area contributed by atoms with E-state index in [-0.39, 0.29) is 6.61 Å². The first-order chi connectivity index (χ1) is 10.9. The highest BCUT2D eigenvalue weighted by Gasteiger charge is 2.70. The molecule has 0 aromatic heterocycles. The molecule has 6 N–H and O–H groups in total. The van der Waals surface area contributed by atoms with Gasteiger partial charge in [-0.3, -0.25) is 0 Å². The molecule has 9 nitrogen and oxygen atoms in total. The van der Waals surface area contributed by atoms with E-state index in [0.29, 0.717) is 11.0 Å². The van der Waals surface area contributed by atoms with Gasteiger partial charge in [-0.25, -0.2) is 0 Å². The molecule has 0 bridgehead atoms. The Morgan fingerprint density at radius 3 is 1.96 bits per heavy atom. The monoisotopic (exact) mass is 368 g/mol. The Morgan fingerprint density at radius 1 is 1.04 bits per heavy atom. The minimum absolute atomic E-state index is 0.247. The van der Waals surface area contributed by atoms with Crippen LogP contribution in [0.2, 0.25) is 0 Å². The zero-order valence-electron chi connectivity index (χ0n) is 16.1. The van der Waals surface area contributed by atoms with Crippen LogP contribution in [0.4, 0.5) is 0 Å². The molecule has 4 unspecified atom stereocenters. The van der Waals surface area contributed by atoms with Crippen molar-refractivity contribution < 1.29 is 44.6 Å². The van der Waals surface area contributed by atoms with Crippen LogP contribution in [0.15, 0.2) is 0 Å². The van der Waals surface area contributed by atoms with Crippen LogP contribution in [0.5, 0.6) is 0 Å². The molecular weight excluding hydrogens is 334 g/mol. The van der Waals surface area contributed by atoms with E-state index in [4.69, 9.17) is 9.47 Å². The molecule has 1 fully saturated rings. The van der Waals surface area contributed by atoms with Crippen molar-refractivity contribution in [3.8, 4) is 0 Å². The van der Waals surface area contributed by atoms with E-state index in [2.05, 4.69) is 0 Å². The molecule has 0 aliphatic carbocycles. The molecule has 0 saturated carbocycles. The van der Waals surface area contributed by atoms with Gasteiger partial charge in [-0.2, -0.15) is 0 Å². The number of nitrogens with zero attached hydrogens (tertiary/aromatic N) is 1. The van der Waals surface area contributed by atoms with Gasteiger partial charge < -0.3 is 44.6 Å². The number of rotatable bonds is 6. The lowest BCUT2D eigenvalue weighted by molar-refractivity contribution is -0.873. The van der Waals surface area contributed by atoms with Gasteiger partial charge in [0.25, 0.3) is 0 Å². The lowest BCUT2D eigenvalue weighted by Crippen LogP contribution is -2.81. The maximum Gasteiger partial charge on any atom is 0.195 e. The quantitative estimate of drug-likeness (QED) is 0.228. The average molecular weight is 368 g/mol. The van der Waals surface area contributed by atoms with Crippen LogP contribution < -0.4 is 0 Å². The number of aliphatic hydroxyl groups is 6. The molecule has 0 aromatic rings. The van der Waals surface area contributed by atoms with E-state index in [1.165, 1.54) is 6.92 Å². The Labute approximate surface area is 148 Å². The average Bonchev–Trinajstić information content (AvgIpc) is 2.39. The first-order valence-electron chi connectivity index (χ1n) is 8.22. The Balaban J connectivity index is 2.95. The van der Waals surface area contributed by atoms with Crippen molar-refractivity contribution in [3.63, 3.8) is 0 Å². The van der Waals surface area contributed by atoms with Crippen LogP contribution >= 0.6 is 0 Å². The highest BCUT2D eigenvalue weighted by molar-refractivity contribution is 5.15. The molecule has 0 amide bonds. The smallest absolute Gasteiger partial charge is 0.195 e. The summed E-state index contributed by atoms with van der Waals surface area (Å²) in [4.78, 5) is 0. The van der Waals surface area contributed by atoms with Crippen molar-refractivity contribution >= 4 is 0 Å². The van der Waals surface area contributed by atoms with Crippen molar-refractivity contribution in [2.24, 2.45) is 0 Å². The second-order valence-corrected chi connectivity index (χ2v) is 8.70. The minimum atomic E-state index is -2.28. The summed E-state index contributed by atoms with van der Waals surface area (Å²) in [5, 5.41) is 62.2. The van der Waals surface area contributed by atoms with Crippen LogP contribution in [0.25, 0.3) is 0 Å². The third kappa shape index (κ3) is 4.15. The van der Waals surface area contributed by atoms with Gasteiger partial charge in [0.1, 0.15) is 35.6 Å². The summed E-state index contributed by atoms with van der Waals surface area (Å²) in [6, 6.07) is 0. The first-order valence-corrected chi connectivity index (χ1v) is 8.22. The number of hydrogen-bond acceptors (Lipinski definition) is 8. The van der Waals surface area contributed by atoms with E-state index in [1.807, 2.05) is 21.1 Å². The van der Waals surface area contributed by atoms with Crippen LogP contribution in [-0.4, -0.2) is 111 Å². The fraction of sp³-hybridized carbons (Fsp3) is 1.00. The van der Waals surface area contributed by atoms with Crippen molar-refractivity contribution in [2.75, 3.05) is 34.3 Å². The lowest BCUT2D eigenvalue weighted by Gasteiger charge is -2.60. The van der Waals surface area contributed by atoms with Crippen molar-refractivity contribution in [2.45, 2.75) is 68.8 Å². The fourth-order valence-electron chi connectivity index (χ4n) is 3.12. The zero-order chi connectivity index (χ0) is 20.1. The van der Waals surface area contributed by atoms with Gasteiger partial charge in [0, 0.05) is 0 Å². The van der Waals surface area contributed by atoms with Gasteiger partial charge in [0.2, 0.25) is 0 Å². The molecule has 1 aliphatic heterocycles. The predicted molar refractivity (Wildman–Crippen MR) is 88.2 cm³/mol. The standard InChI is InChI=1S/C16H34NO8/c1-13(12(20)24-9-10(18)8-17(5,6)7)11(19)14(2,21)15(3,22)16(4,23)25-13/h10-12,18-23H,8-9H2,1-7H3/q+1/t10?,11-,12?,13?,14+,15?,16-/m0/s1. The molecule has 0 aromatic carbocycles. The fourth-order valence-corrected chi connectivity index (χ4v) is 3.12. The van der Waals surface area contributed by atoms with Gasteiger partial charge in [-0.05, 0) is 27.7 Å². The van der Waals surface area contributed by atoms with Crippen LogP contribution in [0, 0.1) is 0 Å². The van der Waals surface area contributed by atoms with Gasteiger partial charge >= 0.3 is 0 Å². The highest BCUT2D eigenvalue weighted by atomic mass is 16.7. The summed E-state index contributed by atoms with van der Waals surface area (Å²) < 4.78 is 11.1. The van der Waals surface area contributed by atoms with E-state index < -0.39 is 41.1 Å². The molecule has 25 heavy (non-hydrogen) atoms. The molecule has 1 rings (SSSR count). The summed E-state index contributed by atoms with van der Waals surface area (Å²) in [5.74, 6) is -2.28. The molecule has 0 spiro atoms. The third-order valence-corrected chi connectivity index (χ3v) is 5.08. The predicted octanol–water partition coefficient (Wildman–Crippen LogP) is -2.25. The maximum atomic E-state index is 10.6. The van der Waals surface area contributed by atoms with E-state index in [1.54, 1.807) is 0 Å². The van der Waals surface area contributed by atoms with E-state index in [0.717, 1.165) is 20.8 Å². The Kier molecular flexibility index (Phi) is 6.05. The molecular formula is C16H34NO8+. The molecule has 7 atom stereocenters. The summed E-state index contributed by atoms with van der Waals surface area (Å²) >= 11 is 0. The van der Waals surface area contributed by atoms with Gasteiger partial charge in [-0.15, -0.1) is 0 Å². The van der Waals surface area contributed by atoms with Crippen molar-refractivity contribution in [1.29, 1.82) is 0 Å². The first kappa shape index (κ1) is 22.7. The Bertz CT molecular complexity index is 473. The second-order valence-electron chi connectivity index (χ2n) is 8.70. The van der Waals surface area contributed by atoms with Gasteiger partial charge in [-0.1, -0.05) is 0 Å². The van der Waals surface area contributed by atoms with Gasteiger partial charge in [0.05, 0.1) is 27.7 Å². The minimum Gasteiger partial charge on any atom is -0.387 e. The summed E-state index contributed by atoms with van der Waals surface area (Å²) in [6.45, 7) is 4.72. The number of quaternary nitrogens is 1. The molecule has 1 heterocycles. The molecule has 9 heteroatoms. The Hall–Kier alpha value is -0.360. The SMILES string of the molecule is CC1(C(O)OCC(O)C[N+](C)(C)C)O[C@](C)(O)C(C)(O)[C@](C)(O)[C@H]1O. The number of aliphatic hydroxyl groups excluding tert-OH is 3. The molecule has 1 aliphatic rings. The highest BCUT2D eigenvalue weighted by Crippen LogP contribution is 2.48. The van der Waals surface area contributed by atoms with Gasteiger partial charge in [0.15, 0.2) is 12.1 Å². The van der Waals surface area contributed by atoms with Crippen LogP contribution in [0.1, 0.15) is 27.7 Å². The van der Waals surface area contributed by atoms with Crippen molar-refractivity contribution in [1.82, 2.24) is 0 Å². The van der Waals surface area contributed by atoms with E-state index >= 15 is 0 Å². The molecule has 0 radical (unpaired) electrons.